The maximum Gasteiger partial charge on any atom is 0.262 e. The third-order valence-corrected chi connectivity index (χ3v) is 5.16. The third kappa shape index (κ3) is 3.36. The van der Waals surface area contributed by atoms with Gasteiger partial charge in [-0.1, -0.05) is 6.07 Å². The van der Waals surface area contributed by atoms with E-state index in [2.05, 4.69) is 10.0 Å². The van der Waals surface area contributed by atoms with Gasteiger partial charge in [-0.05, 0) is 37.7 Å². The molecule has 2 N–H and O–H groups in total. The Bertz CT molecular complexity index is 711. The minimum absolute atomic E-state index is 0.189. The standard InChI is InChI=1S/C13H15FN2O2S2/c1-9-3-4-10(5-13(9)14)16-20(17,18)12-6-11(7-15-2)19-8-12/h3-6,8,15-16H,7H2,1-2H3. The number of hydrogen-bond donors (Lipinski definition) is 2. The zero-order valence-electron chi connectivity index (χ0n) is 11.1. The molecule has 0 unspecified atom stereocenters. The highest BCUT2D eigenvalue weighted by Gasteiger charge is 2.16. The molecule has 108 valence electrons. The van der Waals surface area contributed by atoms with Crippen molar-refractivity contribution >= 4 is 27.0 Å². The van der Waals surface area contributed by atoms with Crippen LogP contribution in [0.2, 0.25) is 0 Å². The molecule has 0 bridgehead atoms. The molecule has 2 rings (SSSR count). The first-order valence-corrected chi connectivity index (χ1v) is 8.29. The summed E-state index contributed by atoms with van der Waals surface area (Å²) < 4.78 is 40.1. The van der Waals surface area contributed by atoms with Gasteiger partial charge in [0.2, 0.25) is 0 Å². The van der Waals surface area contributed by atoms with Gasteiger partial charge in [-0.3, -0.25) is 4.72 Å². The first kappa shape index (κ1) is 15.0. The predicted molar refractivity (Wildman–Crippen MR) is 79.0 cm³/mol. The monoisotopic (exact) mass is 314 g/mol. The smallest absolute Gasteiger partial charge is 0.262 e. The van der Waals surface area contributed by atoms with Gasteiger partial charge >= 0.3 is 0 Å². The maximum absolute atomic E-state index is 13.4. The first-order valence-electron chi connectivity index (χ1n) is 5.93. The molecule has 20 heavy (non-hydrogen) atoms. The van der Waals surface area contributed by atoms with Crippen LogP contribution in [-0.2, 0) is 16.6 Å². The largest absolute Gasteiger partial charge is 0.315 e. The van der Waals surface area contributed by atoms with Crippen LogP contribution in [0, 0.1) is 12.7 Å². The van der Waals surface area contributed by atoms with Gasteiger partial charge in [-0.15, -0.1) is 11.3 Å². The Hall–Kier alpha value is -1.44. The molecular formula is C13H15FN2O2S2. The molecular weight excluding hydrogens is 299 g/mol. The second-order valence-electron chi connectivity index (χ2n) is 4.35. The summed E-state index contributed by atoms with van der Waals surface area (Å²) in [6.07, 6.45) is 0. The van der Waals surface area contributed by atoms with Crippen molar-refractivity contribution in [1.82, 2.24) is 5.32 Å². The second-order valence-corrected chi connectivity index (χ2v) is 7.03. The van der Waals surface area contributed by atoms with E-state index in [1.54, 1.807) is 25.4 Å². The molecule has 0 spiro atoms. The molecule has 0 saturated heterocycles. The van der Waals surface area contributed by atoms with Crippen LogP contribution in [0.5, 0.6) is 0 Å². The summed E-state index contributed by atoms with van der Waals surface area (Å²) in [5, 5.41) is 4.53. The summed E-state index contributed by atoms with van der Waals surface area (Å²) in [7, 11) is -1.88. The van der Waals surface area contributed by atoms with Crippen molar-refractivity contribution in [2.45, 2.75) is 18.4 Å². The summed E-state index contributed by atoms with van der Waals surface area (Å²) in [6, 6.07) is 5.85. The zero-order valence-corrected chi connectivity index (χ0v) is 12.7. The van der Waals surface area contributed by atoms with Crippen LogP contribution < -0.4 is 10.0 Å². The van der Waals surface area contributed by atoms with Gasteiger partial charge in [-0.25, -0.2) is 12.8 Å². The molecule has 1 aromatic carbocycles. The lowest BCUT2D eigenvalue weighted by Gasteiger charge is -2.07. The molecule has 0 atom stereocenters. The fourth-order valence-corrected chi connectivity index (χ4v) is 3.98. The molecule has 0 aliphatic heterocycles. The Balaban J connectivity index is 2.23. The van der Waals surface area contributed by atoms with Crippen molar-refractivity contribution in [2.24, 2.45) is 0 Å². The van der Waals surface area contributed by atoms with Crippen molar-refractivity contribution in [1.29, 1.82) is 0 Å². The fraction of sp³-hybridized carbons (Fsp3) is 0.231. The summed E-state index contributed by atoms with van der Waals surface area (Å²) >= 11 is 1.36. The topological polar surface area (TPSA) is 58.2 Å². The quantitative estimate of drug-likeness (QED) is 0.892. The van der Waals surface area contributed by atoms with E-state index in [9.17, 15) is 12.8 Å². The summed E-state index contributed by atoms with van der Waals surface area (Å²) in [5.41, 5.74) is 0.689. The molecule has 0 fully saturated rings. The molecule has 0 aliphatic carbocycles. The molecule has 2 aromatic rings. The minimum Gasteiger partial charge on any atom is -0.315 e. The average molecular weight is 314 g/mol. The van der Waals surface area contributed by atoms with E-state index >= 15 is 0 Å². The molecule has 4 nitrogen and oxygen atoms in total. The van der Waals surface area contributed by atoms with Gasteiger partial charge in [0.25, 0.3) is 10.0 Å². The lowest BCUT2D eigenvalue weighted by molar-refractivity contribution is 0.601. The Labute approximate surface area is 121 Å². The van der Waals surface area contributed by atoms with E-state index in [0.29, 0.717) is 12.1 Å². The van der Waals surface area contributed by atoms with Crippen LogP contribution in [0.25, 0.3) is 0 Å². The van der Waals surface area contributed by atoms with Crippen molar-refractivity contribution in [2.75, 3.05) is 11.8 Å². The number of aryl methyl sites for hydroxylation is 1. The van der Waals surface area contributed by atoms with E-state index in [-0.39, 0.29) is 10.6 Å². The number of sulfonamides is 1. The zero-order chi connectivity index (χ0) is 14.8. The predicted octanol–water partition coefficient (Wildman–Crippen LogP) is 2.72. The Morgan fingerprint density at radius 2 is 2.05 bits per heavy atom. The van der Waals surface area contributed by atoms with Gasteiger partial charge in [0.1, 0.15) is 5.82 Å². The third-order valence-electron chi connectivity index (χ3n) is 2.72. The fourth-order valence-electron chi connectivity index (χ4n) is 1.64. The van der Waals surface area contributed by atoms with Gasteiger partial charge in [0.15, 0.2) is 0 Å². The Kier molecular flexibility index (Phi) is 4.42. The lowest BCUT2D eigenvalue weighted by Crippen LogP contribution is -2.12. The SMILES string of the molecule is CNCc1cc(S(=O)(=O)Nc2ccc(C)c(F)c2)cs1. The average Bonchev–Trinajstić information content (AvgIpc) is 2.83. The molecule has 0 saturated carbocycles. The van der Waals surface area contributed by atoms with Crippen LogP contribution in [0.4, 0.5) is 10.1 Å². The maximum atomic E-state index is 13.4. The Morgan fingerprint density at radius 3 is 2.70 bits per heavy atom. The number of anilines is 1. The van der Waals surface area contributed by atoms with Gasteiger partial charge in [0.05, 0.1) is 10.6 Å². The Morgan fingerprint density at radius 1 is 1.30 bits per heavy atom. The highest BCUT2D eigenvalue weighted by atomic mass is 32.2. The molecule has 1 aromatic heterocycles. The number of thiophene rings is 1. The summed E-state index contributed by atoms with van der Waals surface area (Å²) in [5.74, 6) is -0.439. The highest BCUT2D eigenvalue weighted by molar-refractivity contribution is 7.92. The van der Waals surface area contributed by atoms with E-state index in [0.717, 1.165) is 4.88 Å². The van der Waals surface area contributed by atoms with Crippen molar-refractivity contribution in [3.63, 3.8) is 0 Å². The number of halogens is 1. The molecule has 0 radical (unpaired) electrons. The number of hydrogen-bond acceptors (Lipinski definition) is 4. The van der Waals surface area contributed by atoms with Crippen LogP contribution in [0.3, 0.4) is 0 Å². The van der Waals surface area contributed by atoms with Crippen LogP contribution >= 0.6 is 11.3 Å². The van der Waals surface area contributed by atoms with Crippen molar-refractivity contribution < 1.29 is 12.8 Å². The van der Waals surface area contributed by atoms with Crippen LogP contribution in [0.15, 0.2) is 34.5 Å². The van der Waals surface area contributed by atoms with Gasteiger partial charge < -0.3 is 5.32 Å². The normalized spacial score (nSPS) is 11.6. The van der Waals surface area contributed by atoms with Crippen LogP contribution in [0.1, 0.15) is 10.4 Å². The van der Waals surface area contributed by atoms with Crippen molar-refractivity contribution in [3.8, 4) is 0 Å². The van der Waals surface area contributed by atoms with E-state index in [1.807, 2.05) is 0 Å². The lowest BCUT2D eigenvalue weighted by atomic mass is 10.2. The number of nitrogens with one attached hydrogen (secondary N) is 2. The summed E-state index contributed by atoms with van der Waals surface area (Å²) in [4.78, 5) is 1.11. The molecule has 1 heterocycles. The molecule has 7 heteroatoms. The minimum atomic E-state index is -3.67. The van der Waals surface area contributed by atoms with Gasteiger partial charge in [-0.2, -0.15) is 0 Å². The van der Waals surface area contributed by atoms with Crippen molar-refractivity contribution in [3.05, 3.63) is 45.9 Å². The summed E-state index contributed by atoms with van der Waals surface area (Å²) in [6.45, 7) is 2.23. The van der Waals surface area contributed by atoms with E-state index < -0.39 is 15.8 Å². The van der Waals surface area contributed by atoms with Gasteiger partial charge in [0, 0.05) is 16.8 Å². The molecule has 0 aliphatic rings. The van der Waals surface area contributed by atoms with Crippen LogP contribution in [-0.4, -0.2) is 15.5 Å². The first-order chi connectivity index (χ1) is 9.42. The van der Waals surface area contributed by atoms with E-state index in [4.69, 9.17) is 0 Å². The highest BCUT2D eigenvalue weighted by Crippen LogP contribution is 2.22. The number of rotatable bonds is 5. The second kappa shape index (κ2) is 5.90. The van der Waals surface area contributed by atoms with E-state index in [1.165, 1.54) is 29.5 Å². The molecule has 0 amide bonds. The number of benzene rings is 1.